The molecule has 0 radical (unpaired) electrons. The number of carbonyl (C=O) groups is 1. The molecule has 0 aromatic rings. The molecule has 0 aliphatic carbocycles. The Hall–Kier alpha value is -0.410. The van der Waals surface area contributed by atoms with Crippen molar-refractivity contribution in [2.24, 2.45) is 11.7 Å². The molecule has 1 fully saturated rings. The maximum absolute atomic E-state index is 11.7. The zero-order valence-corrected chi connectivity index (χ0v) is 7.89. The van der Waals surface area contributed by atoms with Gasteiger partial charge in [0.15, 0.2) is 5.78 Å². The summed E-state index contributed by atoms with van der Waals surface area (Å²) < 4.78 is 0. The third-order valence-electron chi connectivity index (χ3n) is 2.51. The van der Waals surface area contributed by atoms with Crippen LogP contribution in [0.3, 0.4) is 0 Å². The molecule has 0 spiro atoms. The smallest absolute Gasteiger partial charge is 0.155 e. The van der Waals surface area contributed by atoms with E-state index in [0.29, 0.717) is 0 Å². The van der Waals surface area contributed by atoms with Crippen LogP contribution in [0.4, 0.5) is 0 Å². The molecule has 3 heteroatoms. The van der Waals surface area contributed by atoms with E-state index in [0.717, 1.165) is 25.9 Å². The highest BCUT2D eigenvalue weighted by molar-refractivity contribution is 5.89. The summed E-state index contributed by atoms with van der Waals surface area (Å²) in [5.41, 5.74) is 5.47. The molecule has 0 atom stereocenters. The van der Waals surface area contributed by atoms with E-state index in [9.17, 15) is 4.79 Å². The molecule has 0 amide bonds. The van der Waals surface area contributed by atoms with Gasteiger partial charge >= 0.3 is 0 Å². The molecule has 0 saturated carbocycles. The number of carbonyl (C=O) groups excluding carboxylic acids is 1. The Labute approximate surface area is 73.7 Å². The van der Waals surface area contributed by atoms with Crippen molar-refractivity contribution in [3.05, 3.63) is 0 Å². The lowest BCUT2D eigenvalue weighted by Crippen LogP contribution is -2.56. The van der Waals surface area contributed by atoms with Gasteiger partial charge in [0.1, 0.15) is 0 Å². The van der Waals surface area contributed by atoms with E-state index in [-0.39, 0.29) is 11.7 Å². The second-order valence-electron chi connectivity index (χ2n) is 3.93. The molecule has 0 bridgehead atoms. The first-order valence-corrected chi connectivity index (χ1v) is 4.60. The van der Waals surface area contributed by atoms with Crippen LogP contribution in [0.5, 0.6) is 0 Å². The van der Waals surface area contributed by atoms with Gasteiger partial charge in [0.25, 0.3) is 0 Å². The van der Waals surface area contributed by atoms with Crippen LogP contribution in [0.1, 0.15) is 26.7 Å². The average molecular weight is 170 g/mol. The van der Waals surface area contributed by atoms with Crippen molar-refractivity contribution in [1.29, 1.82) is 0 Å². The van der Waals surface area contributed by atoms with E-state index in [1.165, 1.54) is 0 Å². The highest BCUT2D eigenvalue weighted by Crippen LogP contribution is 2.19. The predicted octanol–water partition coefficient (Wildman–Crippen LogP) is 0.292. The Kier molecular flexibility index (Phi) is 2.85. The number of nitrogens with two attached hydrogens (primary N) is 1. The van der Waals surface area contributed by atoms with Crippen LogP contribution in [-0.2, 0) is 4.79 Å². The van der Waals surface area contributed by atoms with Crippen LogP contribution < -0.4 is 11.1 Å². The van der Waals surface area contributed by atoms with Crippen LogP contribution >= 0.6 is 0 Å². The maximum atomic E-state index is 11.7. The Bertz CT molecular complexity index is 171. The largest absolute Gasteiger partial charge is 0.319 e. The maximum Gasteiger partial charge on any atom is 0.155 e. The number of nitrogens with one attached hydrogen (secondary N) is 1. The number of ketones is 1. The second-order valence-corrected chi connectivity index (χ2v) is 3.93. The van der Waals surface area contributed by atoms with Gasteiger partial charge in [-0.3, -0.25) is 4.79 Å². The summed E-state index contributed by atoms with van der Waals surface area (Å²) in [6.07, 6.45) is 1.56. The fourth-order valence-electron chi connectivity index (χ4n) is 1.69. The van der Waals surface area contributed by atoms with Gasteiger partial charge < -0.3 is 11.1 Å². The molecule has 3 nitrogen and oxygen atoms in total. The number of hydrogen-bond donors (Lipinski definition) is 2. The molecular weight excluding hydrogens is 152 g/mol. The number of Topliss-reactive ketones (excluding diaryl/α,β-unsaturated/α-hetero) is 1. The zero-order chi connectivity index (χ0) is 9.19. The van der Waals surface area contributed by atoms with Crippen LogP contribution in [0.2, 0.25) is 0 Å². The van der Waals surface area contributed by atoms with Crippen molar-refractivity contribution in [3.8, 4) is 0 Å². The van der Waals surface area contributed by atoms with Crippen molar-refractivity contribution in [3.63, 3.8) is 0 Å². The van der Waals surface area contributed by atoms with Crippen molar-refractivity contribution in [2.75, 3.05) is 13.1 Å². The lowest BCUT2D eigenvalue weighted by atomic mass is 9.81. The van der Waals surface area contributed by atoms with Gasteiger partial charge in [0, 0.05) is 5.92 Å². The first-order valence-electron chi connectivity index (χ1n) is 4.60. The van der Waals surface area contributed by atoms with Gasteiger partial charge in [0.2, 0.25) is 0 Å². The topological polar surface area (TPSA) is 55.1 Å². The summed E-state index contributed by atoms with van der Waals surface area (Å²) in [4.78, 5) is 11.7. The van der Waals surface area contributed by atoms with E-state index < -0.39 is 5.54 Å². The first kappa shape index (κ1) is 9.68. The van der Waals surface area contributed by atoms with Crippen LogP contribution in [0, 0.1) is 5.92 Å². The number of hydrogen-bond acceptors (Lipinski definition) is 3. The van der Waals surface area contributed by atoms with Crippen molar-refractivity contribution < 1.29 is 4.79 Å². The summed E-state index contributed by atoms with van der Waals surface area (Å²) in [7, 11) is 0. The molecule has 1 aliphatic rings. The number of piperidine rings is 1. The minimum Gasteiger partial charge on any atom is -0.319 e. The summed E-state index contributed by atoms with van der Waals surface area (Å²) in [5.74, 6) is 0.275. The van der Waals surface area contributed by atoms with Gasteiger partial charge in [-0.2, -0.15) is 0 Å². The summed E-state index contributed by atoms with van der Waals surface area (Å²) in [5, 5.41) is 3.20. The SMILES string of the molecule is CC(C)C(=O)C1(N)CCNCC1. The van der Waals surface area contributed by atoms with Crippen molar-refractivity contribution in [2.45, 2.75) is 32.2 Å². The highest BCUT2D eigenvalue weighted by atomic mass is 16.1. The molecular formula is C9H18N2O. The highest BCUT2D eigenvalue weighted by Gasteiger charge is 2.35. The minimum atomic E-state index is -0.542. The van der Waals surface area contributed by atoms with E-state index >= 15 is 0 Å². The number of rotatable bonds is 2. The minimum absolute atomic E-state index is 0.0631. The van der Waals surface area contributed by atoms with Gasteiger partial charge in [-0.05, 0) is 25.9 Å². The quantitative estimate of drug-likeness (QED) is 0.626. The Morgan fingerprint density at radius 1 is 1.42 bits per heavy atom. The molecule has 1 rings (SSSR count). The van der Waals surface area contributed by atoms with Crippen LogP contribution in [0.25, 0.3) is 0 Å². The molecule has 1 saturated heterocycles. The normalized spacial score (nSPS) is 22.7. The zero-order valence-electron chi connectivity index (χ0n) is 7.89. The van der Waals surface area contributed by atoms with Gasteiger partial charge in [-0.25, -0.2) is 0 Å². The fraction of sp³-hybridized carbons (Fsp3) is 0.889. The van der Waals surface area contributed by atoms with E-state index in [4.69, 9.17) is 5.73 Å². The van der Waals surface area contributed by atoms with Crippen molar-refractivity contribution in [1.82, 2.24) is 5.32 Å². The van der Waals surface area contributed by atoms with Gasteiger partial charge in [-0.1, -0.05) is 13.8 Å². The molecule has 0 unspecified atom stereocenters. The Morgan fingerprint density at radius 2 is 1.92 bits per heavy atom. The summed E-state index contributed by atoms with van der Waals surface area (Å²) in [6, 6.07) is 0. The molecule has 0 aromatic carbocycles. The lowest BCUT2D eigenvalue weighted by Gasteiger charge is -2.33. The van der Waals surface area contributed by atoms with Crippen molar-refractivity contribution >= 4 is 5.78 Å². The molecule has 0 aromatic heterocycles. The van der Waals surface area contributed by atoms with E-state index in [1.807, 2.05) is 13.8 Å². The Balaban J connectivity index is 2.62. The Morgan fingerprint density at radius 3 is 2.33 bits per heavy atom. The van der Waals surface area contributed by atoms with E-state index in [2.05, 4.69) is 5.32 Å². The molecule has 3 N–H and O–H groups in total. The molecule has 12 heavy (non-hydrogen) atoms. The third kappa shape index (κ3) is 1.84. The fourth-order valence-corrected chi connectivity index (χ4v) is 1.69. The summed E-state index contributed by atoms with van der Waals surface area (Å²) in [6.45, 7) is 5.57. The van der Waals surface area contributed by atoms with Crippen LogP contribution in [0.15, 0.2) is 0 Å². The predicted molar refractivity (Wildman–Crippen MR) is 48.9 cm³/mol. The lowest BCUT2D eigenvalue weighted by molar-refractivity contribution is -0.128. The first-order chi connectivity index (χ1) is 5.56. The molecule has 1 heterocycles. The third-order valence-corrected chi connectivity index (χ3v) is 2.51. The van der Waals surface area contributed by atoms with Crippen LogP contribution in [-0.4, -0.2) is 24.4 Å². The second kappa shape index (κ2) is 3.54. The molecule has 1 aliphatic heterocycles. The standard InChI is InChI=1S/C9H18N2O/c1-7(2)8(12)9(10)3-5-11-6-4-9/h7,11H,3-6,10H2,1-2H3. The van der Waals surface area contributed by atoms with Gasteiger partial charge in [0.05, 0.1) is 5.54 Å². The van der Waals surface area contributed by atoms with Gasteiger partial charge in [-0.15, -0.1) is 0 Å². The average Bonchev–Trinajstić information content (AvgIpc) is 2.04. The van der Waals surface area contributed by atoms with E-state index in [1.54, 1.807) is 0 Å². The monoisotopic (exact) mass is 170 g/mol. The molecule has 70 valence electrons. The summed E-state index contributed by atoms with van der Waals surface area (Å²) >= 11 is 0.